The first-order valence-electron chi connectivity index (χ1n) is 11.6. The number of fused-ring (bicyclic) bond motifs is 1. The van der Waals surface area contributed by atoms with Gasteiger partial charge in [0.1, 0.15) is 6.04 Å². The molecule has 1 N–H and O–H groups in total. The number of hydrogen-bond acceptors (Lipinski definition) is 6. The molecule has 0 saturated carbocycles. The van der Waals surface area contributed by atoms with Crippen LogP contribution in [0.5, 0.6) is 0 Å². The van der Waals surface area contributed by atoms with Crippen molar-refractivity contribution in [2.24, 2.45) is 11.8 Å². The summed E-state index contributed by atoms with van der Waals surface area (Å²) in [7, 11) is 0. The van der Waals surface area contributed by atoms with E-state index in [0.29, 0.717) is 25.9 Å². The van der Waals surface area contributed by atoms with Crippen molar-refractivity contribution in [3.05, 3.63) is 12.7 Å². The summed E-state index contributed by atoms with van der Waals surface area (Å²) in [6.45, 7) is 10.6. The lowest BCUT2D eigenvalue weighted by molar-refractivity contribution is -0.154. The second-order valence-electron chi connectivity index (χ2n) is 8.83. The van der Waals surface area contributed by atoms with Gasteiger partial charge in [-0.15, -0.1) is 18.3 Å². The third-order valence-electron chi connectivity index (χ3n) is 7.04. The summed E-state index contributed by atoms with van der Waals surface area (Å²) in [5.74, 6) is -1.89. The number of amides is 2. The molecule has 1 spiro atoms. The Morgan fingerprint density at radius 3 is 2.72 bits per heavy atom. The molecule has 3 aliphatic heterocycles. The molecular weight excluding hydrogens is 496 g/mol. The van der Waals surface area contributed by atoms with Gasteiger partial charge < -0.3 is 19.6 Å². The van der Waals surface area contributed by atoms with E-state index in [2.05, 4.69) is 29.4 Å². The molecule has 7 atom stereocenters. The highest BCUT2D eigenvalue weighted by Crippen LogP contribution is 2.68. The Labute approximate surface area is 203 Å². The van der Waals surface area contributed by atoms with Crippen LogP contribution >= 0.6 is 27.7 Å². The zero-order valence-electron chi connectivity index (χ0n) is 19.2. The maximum absolute atomic E-state index is 14.0. The molecule has 3 saturated heterocycles. The Morgan fingerprint density at radius 1 is 1.44 bits per heavy atom. The standard InChI is InChI=1S/C23H35BrN2O5S/c1-5-9-11-25(10-6-2)21(29)19-23-12-15(24)18(32-23)16(22(30)31-8-4)17(23)20(28)26(19)14(7-3)13-27/h6,14-19,27H,2,5,7-13H2,1,3-4H3/t14-,15?,16+,17-,18+,19?,23?/m0/s1. The third-order valence-corrected chi connectivity index (χ3v) is 10.3. The molecule has 7 nitrogen and oxygen atoms in total. The number of nitrogens with zero attached hydrogens (tertiary/aromatic N) is 2. The van der Waals surface area contributed by atoms with E-state index < -0.39 is 28.7 Å². The maximum atomic E-state index is 14.0. The molecule has 0 aromatic carbocycles. The van der Waals surface area contributed by atoms with Crippen LogP contribution in [0, 0.1) is 11.8 Å². The van der Waals surface area contributed by atoms with Crippen LogP contribution in [-0.2, 0) is 19.1 Å². The molecule has 0 radical (unpaired) electrons. The molecule has 32 heavy (non-hydrogen) atoms. The maximum Gasteiger partial charge on any atom is 0.310 e. The van der Waals surface area contributed by atoms with Gasteiger partial charge in [-0.3, -0.25) is 14.4 Å². The van der Waals surface area contributed by atoms with Gasteiger partial charge in [0.05, 0.1) is 35.8 Å². The average Bonchev–Trinajstić information content (AvgIpc) is 3.36. The summed E-state index contributed by atoms with van der Waals surface area (Å²) >= 11 is 5.33. The second kappa shape index (κ2) is 10.5. The minimum atomic E-state index is -0.719. The lowest BCUT2D eigenvalue weighted by atomic mass is 9.71. The van der Waals surface area contributed by atoms with E-state index in [4.69, 9.17) is 4.74 Å². The van der Waals surface area contributed by atoms with Gasteiger partial charge in [0.25, 0.3) is 0 Å². The van der Waals surface area contributed by atoms with Crippen molar-refractivity contribution < 1.29 is 24.2 Å². The van der Waals surface area contributed by atoms with E-state index in [1.807, 2.05) is 6.92 Å². The van der Waals surface area contributed by atoms with E-state index in [-0.39, 0.29) is 41.1 Å². The molecular formula is C23H35BrN2O5S. The molecule has 3 unspecified atom stereocenters. The molecule has 3 heterocycles. The van der Waals surface area contributed by atoms with Crippen LogP contribution in [0.25, 0.3) is 0 Å². The van der Waals surface area contributed by atoms with Crippen molar-refractivity contribution in [1.29, 1.82) is 0 Å². The number of halogens is 1. The number of hydrogen-bond donors (Lipinski definition) is 1. The van der Waals surface area contributed by atoms with Crippen molar-refractivity contribution in [2.45, 2.75) is 73.4 Å². The van der Waals surface area contributed by atoms with Crippen LogP contribution in [0.15, 0.2) is 12.7 Å². The molecule has 0 aliphatic carbocycles. The number of carbonyl (C=O) groups excluding carboxylic acids is 3. The molecule has 3 fully saturated rings. The number of likely N-dealkylation sites (tertiary alicyclic amines) is 1. The lowest BCUT2D eigenvalue weighted by Crippen LogP contribution is -2.57. The van der Waals surface area contributed by atoms with E-state index >= 15 is 0 Å². The van der Waals surface area contributed by atoms with Gasteiger partial charge in [0, 0.05) is 23.2 Å². The normalized spacial score (nSPS) is 33.8. The fraction of sp³-hybridized carbons (Fsp3) is 0.783. The average molecular weight is 532 g/mol. The monoisotopic (exact) mass is 530 g/mol. The Morgan fingerprint density at radius 2 is 2.16 bits per heavy atom. The number of aliphatic hydroxyl groups excluding tert-OH is 1. The predicted molar refractivity (Wildman–Crippen MR) is 129 cm³/mol. The van der Waals surface area contributed by atoms with Crippen LogP contribution in [-0.4, -0.2) is 85.9 Å². The first kappa shape index (κ1) is 25.6. The number of alkyl halides is 1. The fourth-order valence-corrected chi connectivity index (χ4v) is 9.21. The van der Waals surface area contributed by atoms with Gasteiger partial charge in [-0.25, -0.2) is 0 Å². The third kappa shape index (κ3) is 4.02. The Kier molecular flexibility index (Phi) is 8.36. The summed E-state index contributed by atoms with van der Waals surface area (Å²) in [4.78, 5) is 44.2. The zero-order valence-corrected chi connectivity index (χ0v) is 21.6. The van der Waals surface area contributed by atoms with E-state index in [9.17, 15) is 19.5 Å². The highest BCUT2D eigenvalue weighted by atomic mass is 79.9. The van der Waals surface area contributed by atoms with E-state index in [1.54, 1.807) is 34.6 Å². The Bertz CT molecular complexity index is 748. The minimum absolute atomic E-state index is 0.0129. The topological polar surface area (TPSA) is 87.2 Å². The van der Waals surface area contributed by atoms with Crippen LogP contribution in [0.4, 0.5) is 0 Å². The molecule has 2 bridgehead atoms. The number of esters is 1. The van der Waals surface area contributed by atoms with Gasteiger partial charge in [-0.05, 0) is 26.2 Å². The fourth-order valence-electron chi connectivity index (χ4n) is 5.63. The first-order chi connectivity index (χ1) is 15.3. The Hall–Kier alpha value is -1.06. The summed E-state index contributed by atoms with van der Waals surface area (Å²) < 4.78 is 4.65. The minimum Gasteiger partial charge on any atom is -0.466 e. The van der Waals surface area contributed by atoms with E-state index in [1.165, 1.54) is 0 Å². The highest BCUT2D eigenvalue weighted by molar-refractivity contribution is 9.09. The van der Waals surface area contributed by atoms with Crippen LogP contribution < -0.4 is 0 Å². The summed E-state index contributed by atoms with van der Waals surface area (Å²) in [5.41, 5.74) is 0. The molecule has 0 aromatic heterocycles. The number of rotatable bonds is 11. The SMILES string of the molecule is C=CCN(CCCC)C(=O)C1N([C@@H](CC)CO)C(=O)[C@@H]2[C@@H](C(=O)OCC)[C@@H]3SC12CC3Br. The van der Waals surface area contributed by atoms with E-state index in [0.717, 1.165) is 12.8 Å². The number of thioether (sulfide) groups is 1. The molecule has 9 heteroatoms. The molecule has 3 aliphatic rings. The molecule has 2 amide bonds. The van der Waals surface area contributed by atoms with Gasteiger partial charge in [-0.2, -0.15) is 0 Å². The summed E-state index contributed by atoms with van der Waals surface area (Å²) in [6, 6.07) is -1.19. The smallest absolute Gasteiger partial charge is 0.310 e. The van der Waals surface area contributed by atoms with Crippen LogP contribution in [0.3, 0.4) is 0 Å². The predicted octanol–water partition coefficient (Wildman–Crippen LogP) is 2.60. The summed E-state index contributed by atoms with van der Waals surface area (Å²) in [5, 5.41) is 9.97. The van der Waals surface area contributed by atoms with Crippen molar-refractivity contribution in [3.8, 4) is 0 Å². The largest absolute Gasteiger partial charge is 0.466 e. The first-order valence-corrected chi connectivity index (χ1v) is 13.4. The molecule has 180 valence electrons. The van der Waals surface area contributed by atoms with Gasteiger partial charge >= 0.3 is 5.97 Å². The van der Waals surface area contributed by atoms with Crippen molar-refractivity contribution in [1.82, 2.24) is 9.80 Å². The summed E-state index contributed by atoms with van der Waals surface area (Å²) in [6.07, 6.45) is 4.67. The van der Waals surface area contributed by atoms with Crippen LogP contribution in [0.1, 0.15) is 46.5 Å². The van der Waals surface area contributed by atoms with Crippen LogP contribution in [0.2, 0.25) is 0 Å². The number of ether oxygens (including phenoxy) is 1. The van der Waals surface area contributed by atoms with Crippen molar-refractivity contribution in [2.75, 3.05) is 26.3 Å². The van der Waals surface area contributed by atoms with Gasteiger partial charge in [0.2, 0.25) is 11.8 Å². The second-order valence-corrected chi connectivity index (χ2v) is 11.5. The van der Waals surface area contributed by atoms with Crippen molar-refractivity contribution >= 4 is 45.5 Å². The van der Waals surface area contributed by atoms with Gasteiger partial charge in [0.15, 0.2) is 0 Å². The highest BCUT2D eigenvalue weighted by Gasteiger charge is 2.76. The molecule has 3 rings (SSSR count). The molecule has 0 aromatic rings. The van der Waals surface area contributed by atoms with Gasteiger partial charge in [-0.1, -0.05) is 42.3 Å². The Balaban J connectivity index is 2.08. The lowest BCUT2D eigenvalue weighted by Gasteiger charge is -2.39. The number of carbonyl (C=O) groups is 3. The number of unbranched alkanes of at least 4 members (excludes halogenated alkanes) is 1. The number of aliphatic hydroxyl groups is 1. The zero-order chi connectivity index (χ0) is 23.6. The van der Waals surface area contributed by atoms with Crippen molar-refractivity contribution in [3.63, 3.8) is 0 Å². The quantitative estimate of drug-likeness (QED) is 0.251.